The van der Waals surface area contributed by atoms with Gasteiger partial charge >= 0.3 is 5.69 Å². The minimum atomic E-state index is -0.397. The predicted octanol–water partition coefficient (Wildman–Crippen LogP) is 2.18. The van der Waals surface area contributed by atoms with Gasteiger partial charge in [-0.2, -0.15) is 0 Å². The van der Waals surface area contributed by atoms with Crippen molar-refractivity contribution in [2.75, 3.05) is 44.4 Å². The Kier molecular flexibility index (Phi) is 4.62. The molecule has 1 aliphatic rings. The molecule has 2 N–H and O–H groups in total. The molecule has 1 aromatic rings. The molecule has 1 saturated heterocycles. The van der Waals surface area contributed by atoms with E-state index in [9.17, 15) is 10.1 Å². The molecular weight excluding hydrogens is 270 g/mol. The smallest absolute Gasteiger partial charge is 0.311 e. The lowest BCUT2D eigenvalue weighted by Crippen LogP contribution is -2.40. The van der Waals surface area contributed by atoms with Gasteiger partial charge in [0, 0.05) is 19.7 Å². The third-order valence-corrected chi connectivity index (χ3v) is 4.20. The summed E-state index contributed by atoms with van der Waals surface area (Å²) in [5.41, 5.74) is 0.170. The Labute approximate surface area is 124 Å². The summed E-state index contributed by atoms with van der Waals surface area (Å²) < 4.78 is 0. The fraction of sp³-hybridized carbons (Fsp3) is 0.643. The van der Waals surface area contributed by atoms with Crippen LogP contribution in [0.1, 0.15) is 19.8 Å². The second kappa shape index (κ2) is 6.26. The Morgan fingerprint density at radius 2 is 2.10 bits per heavy atom. The molecule has 21 heavy (non-hydrogen) atoms. The van der Waals surface area contributed by atoms with Gasteiger partial charge < -0.3 is 15.5 Å². The molecule has 2 rings (SSSR count). The van der Waals surface area contributed by atoms with Gasteiger partial charge in [0.05, 0.1) is 4.92 Å². The number of likely N-dealkylation sites (tertiary alicyclic amines) is 1. The first-order chi connectivity index (χ1) is 9.93. The summed E-state index contributed by atoms with van der Waals surface area (Å²) in [5.74, 6) is 0.962. The van der Waals surface area contributed by atoms with Crippen molar-refractivity contribution >= 4 is 17.3 Å². The lowest BCUT2D eigenvalue weighted by atomic mass is 9.80. The maximum absolute atomic E-state index is 11.1. The minimum absolute atomic E-state index is 0.0190. The van der Waals surface area contributed by atoms with Crippen molar-refractivity contribution < 1.29 is 4.92 Å². The Morgan fingerprint density at radius 3 is 2.67 bits per heavy atom. The van der Waals surface area contributed by atoms with Crippen LogP contribution in [0.5, 0.6) is 0 Å². The molecule has 7 nitrogen and oxygen atoms in total. The highest BCUT2D eigenvalue weighted by atomic mass is 16.6. The van der Waals surface area contributed by atoms with Crippen LogP contribution < -0.4 is 10.6 Å². The summed E-state index contributed by atoms with van der Waals surface area (Å²) in [6.45, 7) is 5.04. The van der Waals surface area contributed by atoms with E-state index in [2.05, 4.69) is 34.5 Å². The van der Waals surface area contributed by atoms with Gasteiger partial charge in [-0.05, 0) is 44.5 Å². The molecule has 7 heteroatoms. The van der Waals surface area contributed by atoms with Crippen molar-refractivity contribution in [3.05, 3.63) is 22.2 Å². The number of aromatic nitrogens is 1. The molecule has 0 radical (unpaired) electrons. The van der Waals surface area contributed by atoms with Crippen LogP contribution in [0.25, 0.3) is 0 Å². The van der Waals surface area contributed by atoms with E-state index in [0.717, 1.165) is 25.9 Å². The topological polar surface area (TPSA) is 83.3 Å². The van der Waals surface area contributed by atoms with Crippen LogP contribution in [0.2, 0.25) is 0 Å². The molecule has 1 aromatic heterocycles. The highest BCUT2D eigenvalue weighted by Gasteiger charge is 2.29. The Hall–Kier alpha value is -1.89. The molecule has 0 unspecified atom stereocenters. The van der Waals surface area contributed by atoms with Crippen molar-refractivity contribution in [3.63, 3.8) is 0 Å². The third kappa shape index (κ3) is 3.81. The fourth-order valence-corrected chi connectivity index (χ4v) is 2.50. The van der Waals surface area contributed by atoms with Crippen LogP contribution in [-0.2, 0) is 0 Å². The Balaban J connectivity index is 2.09. The number of piperidine rings is 1. The SMILES string of the molecule is CNc1ccc([N+](=O)[O-])c(NCC2(C)CCN(C)CC2)n1. The molecule has 1 aliphatic heterocycles. The average molecular weight is 293 g/mol. The first-order valence-electron chi connectivity index (χ1n) is 7.19. The van der Waals surface area contributed by atoms with Gasteiger partial charge in [0.15, 0.2) is 0 Å². The molecular formula is C14H23N5O2. The summed E-state index contributed by atoms with van der Waals surface area (Å²) in [6, 6.07) is 3.10. The lowest BCUT2D eigenvalue weighted by molar-refractivity contribution is -0.384. The number of anilines is 2. The molecule has 0 aromatic carbocycles. The number of hydrogen-bond donors (Lipinski definition) is 2. The zero-order valence-corrected chi connectivity index (χ0v) is 12.8. The Bertz CT molecular complexity index is 512. The quantitative estimate of drug-likeness (QED) is 0.639. The van der Waals surface area contributed by atoms with Crippen molar-refractivity contribution in [2.45, 2.75) is 19.8 Å². The largest absolute Gasteiger partial charge is 0.373 e. The van der Waals surface area contributed by atoms with Gasteiger partial charge in [0.25, 0.3) is 0 Å². The van der Waals surface area contributed by atoms with E-state index in [1.54, 1.807) is 13.1 Å². The highest BCUT2D eigenvalue weighted by Crippen LogP contribution is 2.32. The minimum Gasteiger partial charge on any atom is -0.373 e. The highest BCUT2D eigenvalue weighted by molar-refractivity contribution is 5.60. The van der Waals surface area contributed by atoms with E-state index in [0.29, 0.717) is 18.2 Å². The second-order valence-electron chi connectivity index (χ2n) is 6.04. The average Bonchev–Trinajstić information content (AvgIpc) is 2.48. The molecule has 0 atom stereocenters. The van der Waals surface area contributed by atoms with Gasteiger partial charge in [-0.15, -0.1) is 0 Å². The van der Waals surface area contributed by atoms with E-state index in [1.807, 2.05) is 0 Å². The van der Waals surface area contributed by atoms with E-state index in [4.69, 9.17) is 0 Å². The van der Waals surface area contributed by atoms with Crippen LogP contribution in [-0.4, -0.2) is 48.5 Å². The Morgan fingerprint density at radius 1 is 1.43 bits per heavy atom. The summed E-state index contributed by atoms with van der Waals surface area (Å²) >= 11 is 0. The molecule has 116 valence electrons. The zero-order chi connectivity index (χ0) is 15.5. The van der Waals surface area contributed by atoms with Crippen LogP contribution in [0.15, 0.2) is 12.1 Å². The van der Waals surface area contributed by atoms with Crippen molar-refractivity contribution in [3.8, 4) is 0 Å². The van der Waals surface area contributed by atoms with Crippen molar-refractivity contribution in [2.24, 2.45) is 5.41 Å². The van der Waals surface area contributed by atoms with Crippen LogP contribution >= 0.6 is 0 Å². The van der Waals surface area contributed by atoms with Crippen molar-refractivity contribution in [1.82, 2.24) is 9.88 Å². The summed E-state index contributed by atoms with van der Waals surface area (Å²) in [7, 11) is 3.87. The summed E-state index contributed by atoms with van der Waals surface area (Å²) in [5, 5.41) is 17.2. The monoisotopic (exact) mass is 293 g/mol. The first-order valence-corrected chi connectivity index (χ1v) is 7.19. The standard InChI is InChI=1S/C14H23N5O2/c1-14(6-8-18(3)9-7-14)10-16-13-11(19(20)21)4-5-12(15-2)17-13/h4-5H,6-10H2,1-3H3,(H2,15,16,17). The molecule has 0 amide bonds. The van der Waals surface area contributed by atoms with Gasteiger partial charge in [0.1, 0.15) is 5.82 Å². The van der Waals surface area contributed by atoms with E-state index >= 15 is 0 Å². The number of rotatable bonds is 5. The number of nitrogens with one attached hydrogen (secondary N) is 2. The lowest BCUT2D eigenvalue weighted by Gasteiger charge is -2.38. The van der Waals surface area contributed by atoms with Gasteiger partial charge in [-0.3, -0.25) is 10.1 Å². The van der Waals surface area contributed by atoms with Crippen LogP contribution in [0.3, 0.4) is 0 Å². The molecule has 0 bridgehead atoms. The van der Waals surface area contributed by atoms with Crippen molar-refractivity contribution in [1.29, 1.82) is 0 Å². The fourth-order valence-electron chi connectivity index (χ4n) is 2.50. The van der Waals surface area contributed by atoms with Gasteiger partial charge in [-0.1, -0.05) is 6.92 Å². The molecule has 0 aliphatic carbocycles. The maximum Gasteiger partial charge on any atom is 0.311 e. The van der Waals surface area contributed by atoms with E-state index < -0.39 is 4.92 Å². The maximum atomic E-state index is 11.1. The normalized spacial score (nSPS) is 18.2. The van der Waals surface area contributed by atoms with E-state index in [-0.39, 0.29) is 11.1 Å². The zero-order valence-electron chi connectivity index (χ0n) is 12.8. The number of hydrogen-bond acceptors (Lipinski definition) is 6. The van der Waals surface area contributed by atoms with Gasteiger partial charge in [0.2, 0.25) is 5.82 Å². The predicted molar refractivity (Wildman–Crippen MR) is 83.8 cm³/mol. The second-order valence-corrected chi connectivity index (χ2v) is 6.04. The summed E-state index contributed by atoms with van der Waals surface area (Å²) in [6.07, 6.45) is 2.16. The van der Waals surface area contributed by atoms with Crippen LogP contribution in [0.4, 0.5) is 17.3 Å². The number of nitro groups is 1. The van der Waals surface area contributed by atoms with E-state index in [1.165, 1.54) is 6.07 Å². The van der Waals surface area contributed by atoms with Crippen LogP contribution in [0, 0.1) is 15.5 Å². The molecule has 0 saturated carbocycles. The molecule has 0 spiro atoms. The third-order valence-electron chi connectivity index (χ3n) is 4.20. The number of pyridine rings is 1. The first kappa shape index (κ1) is 15.5. The summed E-state index contributed by atoms with van der Waals surface area (Å²) in [4.78, 5) is 17.3. The van der Waals surface area contributed by atoms with Gasteiger partial charge in [-0.25, -0.2) is 4.98 Å². The molecule has 2 heterocycles. The number of nitrogens with zero attached hydrogens (tertiary/aromatic N) is 3. The molecule has 1 fully saturated rings.